The predicted octanol–water partition coefficient (Wildman–Crippen LogP) is 3.17. The topological polar surface area (TPSA) is 122 Å². The third-order valence-electron chi connectivity index (χ3n) is 6.17. The lowest BCUT2D eigenvalue weighted by Gasteiger charge is -2.26. The highest BCUT2D eigenvalue weighted by atomic mass is 32.2. The molecular formula is C27H31N3O7S2. The Kier molecular flexibility index (Phi) is 8.60. The molecule has 1 aliphatic rings. The number of nitrogens with one attached hydrogen (secondary N) is 1. The summed E-state index contributed by atoms with van der Waals surface area (Å²) in [4.78, 5) is 13.3. The second kappa shape index (κ2) is 11.7. The molecule has 10 nitrogen and oxygen atoms in total. The minimum absolute atomic E-state index is 0.0245. The first-order valence-corrected chi connectivity index (χ1v) is 15.1. The number of methoxy groups -OCH3 is 1. The largest absolute Gasteiger partial charge is 0.495 e. The molecule has 0 unspecified atom stereocenters. The fourth-order valence-electron chi connectivity index (χ4n) is 4.33. The van der Waals surface area contributed by atoms with Crippen LogP contribution in [0.4, 0.5) is 11.4 Å². The lowest BCUT2D eigenvalue weighted by Crippen LogP contribution is -2.40. The maximum atomic E-state index is 13.7. The zero-order valence-electron chi connectivity index (χ0n) is 22.0. The van der Waals surface area contributed by atoms with Gasteiger partial charge in [0.25, 0.3) is 10.0 Å². The molecule has 1 saturated heterocycles. The summed E-state index contributed by atoms with van der Waals surface area (Å²) >= 11 is 0. The number of benzene rings is 3. The average Bonchev–Trinajstić information content (AvgIpc) is 2.92. The number of morpholine rings is 1. The minimum Gasteiger partial charge on any atom is -0.495 e. The van der Waals surface area contributed by atoms with Crippen LogP contribution in [-0.2, 0) is 29.6 Å². The number of amides is 1. The normalized spacial score (nSPS) is 14.5. The van der Waals surface area contributed by atoms with Crippen LogP contribution in [0, 0.1) is 13.8 Å². The van der Waals surface area contributed by atoms with E-state index in [1.54, 1.807) is 30.3 Å². The maximum Gasteiger partial charge on any atom is 0.264 e. The molecule has 1 fully saturated rings. The lowest BCUT2D eigenvalue weighted by molar-refractivity contribution is -0.114. The first kappa shape index (κ1) is 28.6. The van der Waals surface area contributed by atoms with Gasteiger partial charge in [-0.25, -0.2) is 16.8 Å². The molecule has 0 atom stereocenters. The van der Waals surface area contributed by atoms with E-state index in [-0.39, 0.29) is 34.3 Å². The van der Waals surface area contributed by atoms with Crippen LogP contribution >= 0.6 is 0 Å². The van der Waals surface area contributed by atoms with Gasteiger partial charge in [0.1, 0.15) is 12.3 Å². The molecule has 0 saturated carbocycles. The first-order chi connectivity index (χ1) is 18.5. The van der Waals surface area contributed by atoms with Gasteiger partial charge in [0.15, 0.2) is 0 Å². The summed E-state index contributed by atoms with van der Waals surface area (Å²) in [6.07, 6.45) is 0. The van der Waals surface area contributed by atoms with Crippen molar-refractivity contribution in [3.05, 3.63) is 77.9 Å². The van der Waals surface area contributed by atoms with E-state index >= 15 is 0 Å². The molecule has 3 aromatic carbocycles. The number of hydrogen-bond donors (Lipinski definition) is 1. The molecular weight excluding hydrogens is 542 g/mol. The molecule has 1 heterocycles. The Hall–Kier alpha value is -3.45. The molecule has 0 aliphatic carbocycles. The van der Waals surface area contributed by atoms with Gasteiger partial charge < -0.3 is 14.8 Å². The van der Waals surface area contributed by atoms with Crippen molar-refractivity contribution in [1.82, 2.24) is 4.31 Å². The van der Waals surface area contributed by atoms with E-state index < -0.39 is 32.5 Å². The van der Waals surface area contributed by atoms with Gasteiger partial charge in [-0.05, 0) is 67.4 Å². The van der Waals surface area contributed by atoms with Crippen molar-refractivity contribution >= 4 is 37.3 Å². The van der Waals surface area contributed by atoms with Crippen LogP contribution in [0.5, 0.6) is 5.75 Å². The standard InChI is InChI=1S/C27H31N3O7S2/c1-20-15-21(2)17-22(16-20)30(39(34,35)23-7-5-4-6-8-23)19-27(31)28-25-18-24(9-10-26(25)36-3)38(32,33)29-11-13-37-14-12-29/h4-10,15-18H,11-14,19H2,1-3H3,(H,28,31). The van der Waals surface area contributed by atoms with Gasteiger partial charge in [0, 0.05) is 13.1 Å². The molecule has 0 radical (unpaired) electrons. The third-order valence-corrected chi connectivity index (χ3v) is 9.85. The summed E-state index contributed by atoms with van der Waals surface area (Å²) in [5.74, 6) is -0.443. The van der Waals surface area contributed by atoms with Gasteiger partial charge in [-0.3, -0.25) is 9.10 Å². The van der Waals surface area contributed by atoms with Crippen molar-refractivity contribution in [3.63, 3.8) is 0 Å². The Balaban J connectivity index is 1.67. The summed E-state index contributed by atoms with van der Waals surface area (Å²) in [5, 5.41) is 2.65. The molecule has 12 heteroatoms. The van der Waals surface area contributed by atoms with Crippen molar-refractivity contribution in [2.75, 3.05) is 49.6 Å². The number of ether oxygens (including phenoxy) is 2. The van der Waals surface area contributed by atoms with Gasteiger partial charge in [-0.1, -0.05) is 24.3 Å². The van der Waals surface area contributed by atoms with E-state index in [9.17, 15) is 21.6 Å². The van der Waals surface area contributed by atoms with Crippen molar-refractivity contribution < 1.29 is 31.1 Å². The number of anilines is 2. The van der Waals surface area contributed by atoms with Crippen LogP contribution in [-0.4, -0.2) is 67.0 Å². The van der Waals surface area contributed by atoms with Crippen LogP contribution in [0.2, 0.25) is 0 Å². The van der Waals surface area contributed by atoms with E-state index in [1.807, 2.05) is 19.9 Å². The van der Waals surface area contributed by atoms with Gasteiger partial charge >= 0.3 is 0 Å². The Morgan fingerprint density at radius 2 is 1.56 bits per heavy atom. The molecule has 0 aromatic heterocycles. The van der Waals surface area contributed by atoms with Gasteiger partial charge in [0.2, 0.25) is 15.9 Å². The molecule has 0 spiro atoms. The molecule has 39 heavy (non-hydrogen) atoms. The molecule has 1 aliphatic heterocycles. The van der Waals surface area contributed by atoms with E-state index in [0.29, 0.717) is 18.9 Å². The number of nitrogens with zero attached hydrogens (tertiary/aromatic N) is 2. The van der Waals surface area contributed by atoms with Crippen LogP contribution in [0.15, 0.2) is 76.5 Å². The van der Waals surface area contributed by atoms with Gasteiger partial charge in [-0.2, -0.15) is 4.31 Å². The summed E-state index contributed by atoms with van der Waals surface area (Å²) in [6, 6.07) is 17.3. The SMILES string of the molecule is COc1ccc(S(=O)(=O)N2CCOCC2)cc1NC(=O)CN(c1cc(C)cc(C)c1)S(=O)(=O)c1ccccc1. The van der Waals surface area contributed by atoms with E-state index in [1.165, 1.54) is 41.7 Å². The Labute approximate surface area is 229 Å². The Morgan fingerprint density at radius 1 is 0.923 bits per heavy atom. The summed E-state index contributed by atoms with van der Waals surface area (Å²) in [6.45, 7) is 4.16. The number of carbonyl (C=O) groups is 1. The zero-order chi connectivity index (χ0) is 28.2. The highest BCUT2D eigenvalue weighted by Crippen LogP contribution is 2.30. The van der Waals surface area contributed by atoms with Crippen LogP contribution in [0.3, 0.4) is 0 Å². The fraction of sp³-hybridized carbons (Fsp3) is 0.296. The summed E-state index contributed by atoms with van der Waals surface area (Å²) in [7, 11) is -6.56. The van der Waals surface area contributed by atoms with E-state index in [2.05, 4.69) is 5.32 Å². The molecule has 3 aromatic rings. The Bertz CT molecular complexity index is 1530. The second-order valence-corrected chi connectivity index (χ2v) is 12.9. The highest BCUT2D eigenvalue weighted by molar-refractivity contribution is 7.92. The van der Waals surface area contributed by atoms with Crippen molar-refractivity contribution in [1.29, 1.82) is 0 Å². The van der Waals surface area contributed by atoms with E-state index in [0.717, 1.165) is 15.4 Å². The van der Waals surface area contributed by atoms with Crippen molar-refractivity contribution in [3.8, 4) is 5.75 Å². The van der Waals surface area contributed by atoms with Gasteiger partial charge in [0.05, 0.1) is 41.5 Å². The quantitative estimate of drug-likeness (QED) is 0.417. The third kappa shape index (κ3) is 6.41. The molecule has 0 bridgehead atoms. The summed E-state index contributed by atoms with van der Waals surface area (Å²) < 4.78 is 66.6. The zero-order valence-corrected chi connectivity index (χ0v) is 23.6. The molecule has 1 amide bonds. The maximum absolute atomic E-state index is 13.7. The lowest BCUT2D eigenvalue weighted by atomic mass is 10.1. The number of rotatable bonds is 9. The number of carbonyl (C=O) groups excluding carboxylic acids is 1. The van der Waals surface area contributed by atoms with Gasteiger partial charge in [-0.15, -0.1) is 0 Å². The smallest absolute Gasteiger partial charge is 0.264 e. The number of aryl methyl sites for hydroxylation is 2. The number of hydrogen-bond acceptors (Lipinski definition) is 7. The molecule has 208 valence electrons. The van der Waals surface area contributed by atoms with Crippen LogP contribution in [0.1, 0.15) is 11.1 Å². The first-order valence-electron chi connectivity index (χ1n) is 12.2. The predicted molar refractivity (Wildman–Crippen MR) is 148 cm³/mol. The van der Waals surface area contributed by atoms with Crippen molar-refractivity contribution in [2.45, 2.75) is 23.6 Å². The second-order valence-electron chi connectivity index (χ2n) is 9.10. The highest BCUT2D eigenvalue weighted by Gasteiger charge is 2.29. The van der Waals surface area contributed by atoms with Crippen molar-refractivity contribution in [2.24, 2.45) is 0 Å². The monoisotopic (exact) mass is 573 g/mol. The minimum atomic E-state index is -4.11. The average molecular weight is 574 g/mol. The summed E-state index contributed by atoms with van der Waals surface area (Å²) in [5.41, 5.74) is 2.11. The molecule has 1 N–H and O–H groups in total. The van der Waals surface area contributed by atoms with Crippen LogP contribution in [0.25, 0.3) is 0 Å². The fourth-order valence-corrected chi connectivity index (χ4v) is 7.19. The molecule has 4 rings (SSSR count). The Morgan fingerprint density at radius 3 is 2.18 bits per heavy atom. The number of sulfonamides is 2. The van der Waals surface area contributed by atoms with Crippen LogP contribution < -0.4 is 14.4 Å². The van der Waals surface area contributed by atoms with E-state index in [4.69, 9.17) is 9.47 Å².